The summed E-state index contributed by atoms with van der Waals surface area (Å²) in [5, 5.41) is 9.02. The van der Waals surface area contributed by atoms with E-state index < -0.39 is 12.6 Å². The first-order valence-electron chi connectivity index (χ1n) is 11.1. The molecule has 0 spiro atoms. The fourth-order valence-corrected chi connectivity index (χ4v) is 3.63. The Bertz CT molecular complexity index is 945. The fourth-order valence-electron chi connectivity index (χ4n) is 3.63. The van der Waals surface area contributed by atoms with Gasteiger partial charge in [-0.3, -0.25) is 9.78 Å². The van der Waals surface area contributed by atoms with Crippen LogP contribution in [0, 0.1) is 17.8 Å². The Morgan fingerprint density at radius 2 is 1.74 bits per heavy atom. The van der Waals surface area contributed by atoms with Crippen molar-refractivity contribution in [2.24, 2.45) is 17.8 Å². The van der Waals surface area contributed by atoms with Crippen LogP contribution in [0.15, 0.2) is 29.2 Å². The highest BCUT2D eigenvalue weighted by Crippen LogP contribution is 2.29. The van der Waals surface area contributed by atoms with E-state index in [-0.39, 0.29) is 11.3 Å². The molecule has 6 nitrogen and oxygen atoms in total. The van der Waals surface area contributed by atoms with Crippen molar-refractivity contribution in [3.8, 4) is 17.0 Å². The number of carboxylic acid groups (broad SMARTS) is 1. The summed E-state index contributed by atoms with van der Waals surface area (Å²) >= 11 is 0. The first-order chi connectivity index (χ1) is 14.6. The van der Waals surface area contributed by atoms with Crippen LogP contribution >= 0.6 is 0 Å². The molecule has 2 aromatic rings. The van der Waals surface area contributed by atoms with Crippen molar-refractivity contribution >= 4 is 5.97 Å². The molecule has 0 aromatic carbocycles. The van der Waals surface area contributed by atoms with Crippen LogP contribution in [0.2, 0.25) is 0 Å². The number of carboxylic acids is 1. The third kappa shape index (κ3) is 7.23. The average Bonchev–Trinajstić information content (AvgIpc) is 2.65. The highest BCUT2D eigenvalue weighted by molar-refractivity contribution is 5.69. The number of pyridine rings is 2. The number of carbonyl (C=O) groups is 1. The van der Waals surface area contributed by atoms with Gasteiger partial charge >= 0.3 is 5.97 Å². The van der Waals surface area contributed by atoms with Gasteiger partial charge in [0.25, 0.3) is 5.56 Å². The number of aromatic nitrogens is 2. The molecule has 31 heavy (non-hydrogen) atoms. The van der Waals surface area contributed by atoms with Gasteiger partial charge in [0.2, 0.25) is 0 Å². The Labute approximate surface area is 185 Å². The zero-order chi connectivity index (χ0) is 23.1. The van der Waals surface area contributed by atoms with E-state index >= 15 is 0 Å². The number of nitrogens with zero attached hydrogens (tertiary/aromatic N) is 2. The first-order valence-corrected chi connectivity index (χ1v) is 11.1. The molecule has 1 N–H and O–H groups in total. The quantitative estimate of drug-likeness (QED) is 0.555. The normalized spacial score (nSPS) is 11.5. The zero-order valence-corrected chi connectivity index (χ0v) is 19.6. The second kappa shape index (κ2) is 11.1. The Balaban J connectivity index is 2.71. The Morgan fingerprint density at radius 1 is 1.06 bits per heavy atom. The molecule has 0 amide bonds. The fraction of sp³-hybridized carbons (Fsp3) is 0.560. The molecule has 2 aromatic heterocycles. The summed E-state index contributed by atoms with van der Waals surface area (Å²) < 4.78 is 7.16. The molecule has 0 saturated carbocycles. The predicted molar refractivity (Wildman–Crippen MR) is 124 cm³/mol. The molecule has 2 heterocycles. The maximum absolute atomic E-state index is 13.3. The van der Waals surface area contributed by atoms with E-state index in [4.69, 9.17) is 9.84 Å². The molecule has 0 saturated heterocycles. The van der Waals surface area contributed by atoms with Crippen LogP contribution in [0.25, 0.3) is 11.3 Å². The smallest absolute Gasteiger partial charge is 0.341 e. The number of hydrogen-bond acceptors (Lipinski definition) is 4. The van der Waals surface area contributed by atoms with Gasteiger partial charge in [0.1, 0.15) is 0 Å². The highest BCUT2D eigenvalue weighted by atomic mass is 16.5. The van der Waals surface area contributed by atoms with Crippen LogP contribution < -0.4 is 10.3 Å². The minimum atomic E-state index is -1.10. The molecular formula is C25H36N2O4. The molecular weight excluding hydrogens is 392 g/mol. The largest absolute Gasteiger partial charge is 0.479 e. The van der Waals surface area contributed by atoms with Crippen molar-refractivity contribution in [1.82, 2.24) is 9.55 Å². The summed E-state index contributed by atoms with van der Waals surface area (Å²) in [4.78, 5) is 28.8. The van der Waals surface area contributed by atoms with Crippen LogP contribution in [-0.4, -0.2) is 27.2 Å². The number of rotatable bonds is 11. The lowest BCUT2D eigenvalue weighted by Gasteiger charge is -2.21. The second-order valence-corrected chi connectivity index (χ2v) is 9.44. The van der Waals surface area contributed by atoms with Gasteiger partial charge in [-0.05, 0) is 60.8 Å². The van der Waals surface area contributed by atoms with Gasteiger partial charge in [-0.15, -0.1) is 0 Å². The van der Waals surface area contributed by atoms with Crippen molar-refractivity contribution in [1.29, 1.82) is 0 Å². The zero-order valence-electron chi connectivity index (χ0n) is 19.6. The Hall–Kier alpha value is -2.63. The van der Waals surface area contributed by atoms with Crippen molar-refractivity contribution < 1.29 is 14.6 Å². The molecule has 0 aliphatic carbocycles. The van der Waals surface area contributed by atoms with E-state index in [1.807, 2.05) is 6.07 Å². The van der Waals surface area contributed by atoms with Gasteiger partial charge in [0.15, 0.2) is 12.4 Å². The second-order valence-electron chi connectivity index (χ2n) is 9.44. The maximum Gasteiger partial charge on any atom is 0.341 e. The lowest BCUT2D eigenvalue weighted by atomic mass is 9.96. The monoisotopic (exact) mass is 428 g/mol. The van der Waals surface area contributed by atoms with E-state index in [1.165, 1.54) is 0 Å². The predicted octanol–water partition coefficient (Wildman–Crippen LogP) is 4.82. The minimum Gasteiger partial charge on any atom is -0.479 e. The molecule has 0 atom stereocenters. The Morgan fingerprint density at radius 3 is 2.32 bits per heavy atom. The molecule has 6 heteroatoms. The number of aliphatic carboxylic acids is 1. The van der Waals surface area contributed by atoms with Crippen molar-refractivity contribution in [2.45, 2.75) is 67.3 Å². The first kappa shape index (κ1) is 24.6. The van der Waals surface area contributed by atoms with Gasteiger partial charge in [-0.2, -0.15) is 0 Å². The minimum absolute atomic E-state index is 0.0991. The van der Waals surface area contributed by atoms with Crippen molar-refractivity contribution in [3.05, 3.63) is 46.0 Å². The van der Waals surface area contributed by atoms with Crippen LogP contribution in [0.1, 0.15) is 59.2 Å². The van der Waals surface area contributed by atoms with Crippen LogP contribution in [0.5, 0.6) is 5.75 Å². The van der Waals surface area contributed by atoms with Gasteiger partial charge in [-0.1, -0.05) is 41.5 Å². The van der Waals surface area contributed by atoms with E-state index in [9.17, 15) is 9.59 Å². The van der Waals surface area contributed by atoms with Crippen LogP contribution in [0.3, 0.4) is 0 Å². The summed E-state index contributed by atoms with van der Waals surface area (Å²) in [5.41, 5.74) is 3.55. The van der Waals surface area contributed by atoms with Gasteiger partial charge in [-0.25, -0.2) is 4.79 Å². The molecule has 0 aliphatic rings. The van der Waals surface area contributed by atoms with Crippen LogP contribution in [-0.2, 0) is 24.2 Å². The van der Waals surface area contributed by atoms with Crippen LogP contribution in [0.4, 0.5) is 0 Å². The third-order valence-electron chi connectivity index (χ3n) is 4.95. The lowest BCUT2D eigenvalue weighted by molar-refractivity contribution is -0.139. The maximum atomic E-state index is 13.3. The van der Waals surface area contributed by atoms with E-state index in [2.05, 4.69) is 52.6 Å². The lowest BCUT2D eigenvalue weighted by Crippen LogP contribution is -2.27. The standard InChI is InChI=1S/C25H36N2O4/c1-16(2)8-10-27-24(19-7-9-26-21(13-19)12-18(5)6)20(11-17(3)4)14-22(25(27)30)31-15-23(28)29/h7,9,13-14,16-18H,8,10-12,15H2,1-6H3,(H,28,29). The van der Waals surface area contributed by atoms with E-state index in [0.717, 1.165) is 41.8 Å². The molecule has 0 aliphatic heterocycles. The molecule has 0 fully saturated rings. The van der Waals surface area contributed by atoms with E-state index in [0.29, 0.717) is 24.3 Å². The molecule has 0 radical (unpaired) electrons. The molecule has 170 valence electrons. The number of ether oxygens (including phenoxy) is 1. The van der Waals surface area contributed by atoms with E-state index in [1.54, 1.807) is 16.8 Å². The average molecular weight is 429 g/mol. The Kier molecular flexibility index (Phi) is 8.84. The van der Waals surface area contributed by atoms with Crippen molar-refractivity contribution in [2.75, 3.05) is 6.61 Å². The molecule has 0 unspecified atom stereocenters. The summed E-state index contributed by atoms with van der Waals surface area (Å²) in [6.45, 7) is 12.8. The topological polar surface area (TPSA) is 81.4 Å². The summed E-state index contributed by atoms with van der Waals surface area (Å²) in [5.74, 6) is 0.259. The highest BCUT2D eigenvalue weighted by Gasteiger charge is 2.19. The van der Waals surface area contributed by atoms with Crippen molar-refractivity contribution in [3.63, 3.8) is 0 Å². The van der Waals surface area contributed by atoms with Gasteiger partial charge in [0, 0.05) is 24.0 Å². The molecule has 0 bridgehead atoms. The van der Waals surface area contributed by atoms with Gasteiger partial charge in [0.05, 0.1) is 5.69 Å². The third-order valence-corrected chi connectivity index (χ3v) is 4.95. The SMILES string of the molecule is CC(C)CCn1c(-c2ccnc(CC(C)C)c2)c(CC(C)C)cc(OCC(=O)O)c1=O. The number of hydrogen-bond donors (Lipinski definition) is 1. The molecule has 2 rings (SSSR count). The van der Waals surface area contributed by atoms with Gasteiger partial charge < -0.3 is 14.4 Å². The summed E-state index contributed by atoms with van der Waals surface area (Å²) in [6, 6.07) is 5.75. The summed E-state index contributed by atoms with van der Waals surface area (Å²) in [7, 11) is 0. The summed E-state index contributed by atoms with van der Waals surface area (Å²) in [6.07, 6.45) is 4.25.